The maximum absolute atomic E-state index is 12.5. The molecule has 4 aliphatic heterocycles. The molecule has 1 aromatic carbocycles. The number of nitrogens with zero attached hydrogens (tertiary/aromatic N) is 5. The minimum atomic E-state index is -0.494. The molecule has 2 aromatic rings. The molecule has 4 saturated heterocycles. The summed E-state index contributed by atoms with van der Waals surface area (Å²) in [4.78, 5) is 62.7. The van der Waals surface area contributed by atoms with Crippen molar-refractivity contribution in [3.63, 3.8) is 0 Å². The van der Waals surface area contributed by atoms with Crippen LogP contribution in [0.5, 0.6) is 11.8 Å². The Balaban J connectivity index is 0.000000218. The topological polar surface area (TPSA) is 162 Å². The molecule has 0 aliphatic carbocycles. The summed E-state index contributed by atoms with van der Waals surface area (Å²) in [6.07, 6.45) is 10.3. The van der Waals surface area contributed by atoms with Crippen molar-refractivity contribution in [1.82, 2.24) is 30.0 Å². The molecule has 1 N–H and O–H groups in total. The Hall–Kier alpha value is -4.50. The van der Waals surface area contributed by atoms with Gasteiger partial charge >= 0.3 is 24.2 Å². The maximum atomic E-state index is 12.5. The molecule has 0 saturated carbocycles. The van der Waals surface area contributed by atoms with E-state index in [1.165, 1.54) is 18.8 Å². The van der Waals surface area contributed by atoms with Gasteiger partial charge in [0, 0.05) is 71.0 Å². The number of ether oxygens (including phenoxy) is 5. The third kappa shape index (κ3) is 14.4. The molecule has 0 radical (unpaired) electrons. The average Bonchev–Trinajstić information content (AvgIpc) is 3.18. The van der Waals surface area contributed by atoms with E-state index in [-0.39, 0.29) is 54.4 Å². The number of rotatable bonds is 7. The second-order valence-corrected chi connectivity index (χ2v) is 17.1. The minimum Gasteiger partial charge on any atom is -0.460 e. The first kappa shape index (κ1) is 43.6. The predicted octanol–water partition coefficient (Wildman–Crippen LogP) is 6.21. The SMILES string of the molecule is CC(C)(C)OC(=O)N1CCC(OC2CCC(C(=O)Oc3ccccc3)CN2)CC1.CC(C)(C)OC(=O)N1CCC(Oc2ncc(C(=O)N3CCCCC3)cn2)CC1. The average molecular weight is 795 g/mol. The van der Waals surface area contributed by atoms with Crippen molar-refractivity contribution in [2.45, 2.75) is 129 Å². The molecule has 4 fully saturated rings. The Morgan fingerprint density at radius 1 is 0.667 bits per heavy atom. The molecular weight excluding hydrogens is 732 g/mol. The summed E-state index contributed by atoms with van der Waals surface area (Å²) in [6, 6.07) is 9.41. The molecule has 0 spiro atoms. The summed E-state index contributed by atoms with van der Waals surface area (Å²) in [5.74, 6) is 0.196. The molecular formula is C42H62N6O9. The maximum Gasteiger partial charge on any atom is 0.410 e. The third-order valence-corrected chi connectivity index (χ3v) is 10.00. The van der Waals surface area contributed by atoms with E-state index in [4.69, 9.17) is 23.7 Å². The molecule has 314 valence electrons. The minimum absolute atomic E-state index is 0.0167. The summed E-state index contributed by atoms with van der Waals surface area (Å²) in [5, 5.41) is 3.32. The quantitative estimate of drug-likeness (QED) is 0.250. The fourth-order valence-corrected chi connectivity index (χ4v) is 6.97. The fourth-order valence-electron chi connectivity index (χ4n) is 6.97. The van der Waals surface area contributed by atoms with Gasteiger partial charge in [-0.1, -0.05) is 18.2 Å². The Kier molecular flexibility index (Phi) is 15.5. The molecule has 2 atom stereocenters. The predicted molar refractivity (Wildman–Crippen MR) is 212 cm³/mol. The molecule has 0 bridgehead atoms. The van der Waals surface area contributed by atoms with E-state index in [9.17, 15) is 19.2 Å². The largest absolute Gasteiger partial charge is 0.460 e. The highest BCUT2D eigenvalue weighted by molar-refractivity contribution is 5.93. The smallest absolute Gasteiger partial charge is 0.410 e. The van der Waals surface area contributed by atoms with Gasteiger partial charge < -0.3 is 38.4 Å². The van der Waals surface area contributed by atoms with Crippen molar-refractivity contribution in [3.8, 4) is 11.8 Å². The van der Waals surface area contributed by atoms with E-state index >= 15 is 0 Å². The van der Waals surface area contributed by atoms with Crippen LogP contribution in [-0.4, -0.2) is 124 Å². The lowest BCUT2D eigenvalue weighted by Crippen LogP contribution is -2.48. The zero-order valence-corrected chi connectivity index (χ0v) is 34.6. The second-order valence-electron chi connectivity index (χ2n) is 17.1. The normalized spacial score (nSPS) is 21.1. The Bertz CT molecular complexity index is 1580. The molecule has 1 aromatic heterocycles. The lowest BCUT2D eigenvalue weighted by Gasteiger charge is -2.36. The van der Waals surface area contributed by atoms with Crippen molar-refractivity contribution < 1.29 is 42.9 Å². The number of benzene rings is 1. The van der Waals surface area contributed by atoms with E-state index in [0.717, 1.165) is 51.6 Å². The van der Waals surface area contributed by atoms with Crippen LogP contribution >= 0.6 is 0 Å². The van der Waals surface area contributed by atoms with Crippen LogP contribution in [0.4, 0.5) is 9.59 Å². The highest BCUT2D eigenvalue weighted by Crippen LogP contribution is 2.24. The standard InChI is InChI=1S/C22H32N2O5.C20H30N4O4/c1-22(2,3)29-21(26)24-13-11-18(12-14-24)27-19-10-9-16(15-23-19)20(25)28-17-7-5-4-6-8-17;1-20(2,3)28-19(26)24-11-7-16(8-12-24)27-18-21-13-15(14-22-18)17(25)23-9-5-4-6-10-23/h4-8,16,18-19,23H,9-15H2,1-3H3;13-14,16H,4-12H2,1-3H3. The van der Waals surface area contributed by atoms with Gasteiger partial charge in [0.2, 0.25) is 0 Å². The zero-order chi connectivity index (χ0) is 41.0. The van der Waals surface area contributed by atoms with Gasteiger partial charge in [-0.3, -0.25) is 14.9 Å². The van der Waals surface area contributed by atoms with Crippen molar-refractivity contribution in [2.24, 2.45) is 5.92 Å². The summed E-state index contributed by atoms with van der Waals surface area (Å²) >= 11 is 0. The van der Waals surface area contributed by atoms with Gasteiger partial charge in [0.05, 0.1) is 17.6 Å². The number of piperidine rings is 4. The van der Waals surface area contributed by atoms with Crippen LogP contribution in [0.2, 0.25) is 0 Å². The number of hydrogen-bond acceptors (Lipinski definition) is 12. The Morgan fingerprint density at radius 3 is 1.72 bits per heavy atom. The first-order valence-corrected chi connectivity index (χ1v) is 20.5. The molecule has 6 rings (SSSR count). The van der Waals surface area contributed by atoms with E-state index in [1.807, 2.05) is 64.6 Å². The fraction of sp³-hybridized carbons (Fsp3) is 0.667. The second kappa shape index (κ2) is 20.3. The number of carbonyl (C=O) groups is 4. The van der Waals surface area contributed by atoms with Gasteiger partial charge in [-0.2, -0.15) is 0 Å². The monoisotopic (exact) mass is 794 g/mol. The highest BCUT2D eigenvalue weighted by atomic mass is 16.6. The zero-order valence-electron chi connectivity index (χ0n) is 34.6. The van der Waals surface area contributed by atoms with Crippen molar-refractivity contribution >= 4 is 24.1 Å². The van der Waals surface area contributed by atoms with Crippen LogP contribution in [0, 0.1) is 5.92 Å². The third-order valence-electron chi connectivity index (χ3n) is 10.00. The summed E-state index contributed by atoms with van der Waals surface area (Å²) in [7, 11) is 0. The van der Waals surface area contributed by atoms with Crippen LogP contribution in [0.1, 0.15) is 110 Å². The van der Waals surface area contributed by atoms with E-state index in [1.54, 1.807) is 21.9 Å². The van der Waals surface area contributed by atoms with Gasteiger partial charge in [0.25, 0.3) is 5.91 Å². The Labute approximate surface area is 337 Å². The number of aromatic nitrogens is 2. The molecule has 15 heteroatoms. The number of para-hydroxylation sites is 1. The summed E-state index contributed by atoms with van der Waals surface area (Å²) in [5.41, 5.74) is -0.477. The number of hydrogen-bond donors (Lipinski definition) is 1. The lowest BCUT2D eigenvalue weighted by atomic mass is 9.98. The van der Waals surface area contributed by atoms with Gasteiger partial charge in [0.1, 0.15) is 29.3 Å². The molecule has 3 amide bonds. The lowest BCUT2D eigenvalue weighted by molar-refractivity contribution is -0.141. The van der Waals surface area contributed by atoms with Crippen LogP contribution < -0.4 is 14.8 Å². The van der Waals surface area contributed by atoms with Gasteiger partial charge in [-0.15, -0.1) is 0 Å². The first-order valence-electron chi connectivity index (χ1n) is 20.5. The highest BCUT2D eigenvalue weighted by Gasteiger charge is 2.32. The number of amides is 3. The summed E-state index contributed by atoms with van der Waals surface area (Å²) < 4.78 is 28.3. The Morgan fingerprint density at radius 2 is 1.21 bits per heavy atom. The summed E-state index contributed by atoms with van der Waals surface area (Å²) in [6.45, 7) is 15.8. The molecule has 2 unspecified atom stereocenters. The molecule has 5 heterocycles. The van der Waals surface area contributed by atoms with Gasteiger partial charge in [-0.25, -0.2) is 19.6 Å². The first-order chi connectivity index (χ1) is 27.1. The molecule has 4 aliphatic rings. The molecule has 15 nitrogen and oxygen atoms in total. The van der Waals surface area contributed by atoms with Gasteiger partial charge in [0.15, 0.2) is 0 Å². The number of likely N-dealkylation sites (tertiary alicyclic amines) is 3. The van der Waals surface area contributed by atoms with Crippen molar-refractivity contribution in [3.05, 3.63) is 48.3 Å². The van der Waals surface area contributed by atoms with Crippen LogP contribution in [0.3, 0.4) is 0 Å². The number of esters is 1. The van der Waals surface area contributed by atoms with E-state index in [2.05, 4.69) is 15.3 Å². The number of carbonyl (C=O) groups excluding carboxylic acids is 4. The molecule has 57 heavy (non-hydrogen) atoms. The van der Waals surface area contributed by atoms with Crippen molar-refractivity contribution in [1.29, 1.82) is 0 Å². The van der Waals surface area contributed by atoms with Crippen LogP contribution in [-0.2, 0) is 19.0 Å². The van der Waals surface area contributed by atoms with Crippen LogP contribution in [0.25, 0.3) is 0 Å². The number of nitrogens with one attached hydrogen (secondary N) is 1. The van der Waals surface area contributed by atoms with Gasteiger partial charge in [-0.05, 0) is 98.6 Å². The van der Waals surface area contributed by atoms with E-state index in [0.29, 0.717) is 56.9 Å². The van der Waals surface area contributed by atoms with E-state index < -0.39 is 11.2 Å². The van der Waals surface area contributed by atoms with Crippen molar-refractivity contribution in [2.75, 3.05) is 45.8 Å². The van der Waals surface area contributed by atoms with Crippen LogP contribution in [0.15, 0.2) is 42.7 Å².